The molecule has 3 aliphatic rings. The van der Waals surface area contributed by atoms with E-state index in [4.69, 9.17) is 5.73 Å². The van der Waals surface area contributed by atoms with Crippen LogP contribution in [-0.2, 0) is 0 Å². The van der Waals surface area contributed by atoms with Gasteiger partial charge >= 0.3 is 5.97 Å². The largest absolute Gasteiger partial charge is 0.477 e. The number of pyridine rings is 1. The van der Waals surface area contributed by atoms with E-state index in [1.807, 2.05) is 16.4 Å². The first kappa shape index (κ1) is 17.7. The number of carbonyl (C=O) groups is 1. The summed E-state index contributed by atoms with van der Waals surface area (Å²) in [7, 11) is 0. The minimum absolute atomic E-state index is 0.0299. The summed E-state index contributed by atoms with van der Waals surface area (Å²) in [4.78, 5) is 26.5. The van der Waals surface area contributed by atoms with Crippen molar-refractivity contribution < 1.29 is 14.3 Å². The van der Waals surface area contributed by atoms with E-state index in [9.17, 15) is 14.7 Å². The quantitative estimate of drug-likeness (QED) is 0.848. The minimum Gasteiger partial charge on any atom is -0.477 e. The first-order valence-corrected chi connectivity index (χ1v) is 9.86. The molecule has 1 aliphatic heterocycles. The number of carboxylic acids is 1. The van der Waals surface area contributed by atoms with Gasteiger partial charge in [-0.25, -0.2) is 9.18 Å². The highest BCUT2D eigenvalue weighted by molar-refractivity contribution is 5.97. The van der Waals surface area contributed by atoms with Crippen LogP contribution in [-0.4, -0.2) is 34.8 Å². The van der Waals surface area contributed by atoms with Crippen LogP contribution < -0.4 is 16.1 Å². The number of halogens is 1. The molecule has 6 nitrogen and oxygen atoms in total. The summed E-state index contributed by atoms with van der Waals surface area (Å²) < 4.78 is 17.4. The van der Waals surface area contributed by atoms with Crippen LogP contribution in [0.3, 0.4) is 0 Å². The van der Waals surface area contributed by atoms with E-state index in [2.05, 4.69) is 0 Å². The van der Waals surface area contributed by atoms with Gasteiger partial charge in [0.25, 0.3) is 0 Å². The number of hydrogen-bond donors (Lipinski definition) is 2. The fourth-order valence-electron chi connectivity index (χ4n) is 4.95. The van der Waals surface area contributed by atoms with Gasteiger partial charge in [0.05, 0.1) is 16.6 Å². The molecule has 0 radical (unpaired) electrons. The van der Waals surface area contributed by atoms with Gasteiger partial charge in [-0.05, 0) is 45.1 Å². The molecule has 5 rings (SSSR count). The molecule has 0 amide bonds. The van der Waals surface area contributed by atoms with Gasteiger partial charge in [0.2, 0.25) is 5.43 Å². The molecule has 1 atom stereocenters. The molecular weight excluding hydrogens is 361 g/mol. The third-order valence-electron chi connectivity index (χ3n) is 6.95. The molecule has 3 N–H and O–H groups in total. The molecule has 0 bridgehead atoms. The van der Waals surface area contributed by atoms with E-state index in [0.717, 1.165) is 32.2 Å². The fraction of sp³-hybridized carbons (Fsp3) is 0.524. The van der Waals surface area contributed by atoms with Gasteiger partial charge < -0.3 is 20.3 Å². The monoisotopic (exact) mass is 385 g/mol. The van der Waals surface area contributed by atoms with Crippen molar-refractivity contribution in [2.24, 2.45) is 11.1 Å². The van der Waals surface area contributed by atoms with Gasteiger partial charge in [-0.3, -0.25) is 4.79 Å². The summed E-state index contributed by atoms with van der Waals surface area (Å²) in [6.45, 7) is 4.75. The summed E-state index contributed by atoms with van der Waals surface area (Å²) in [6.07, 6.45) is 5.45. The lowest BCUT2D eigenvalue weighted by Gasteiger charge is -2.26. The zero-order valence-corrected chi connectivity index (χ0v) is 16.1. The summed E-state index contributed by atoms with van der Waals surface area (Å²) >= 11 is 0. The number of aromatic carboxylic acids is 1. The first-order valence-electron chi connectivity index (χ1n) is 9.86. The van der Waals surface area contributed by atoms with E-state index in [0.29, 0.717) is 23.3 Å². The Hall–Kier alpha value is -2.41. The third-order valence-corrected chi connectivity index (χ3v) is 6.95. The Morgan fingerprint density at radius 1 is 1.29 bits per heavy atom. The number of nitrogens with zero attached hydrogens (tertiary/aromatic N) is 2. The number of benzene rings is 1. The Morgan fingerprint density at radius 3 is 2.50 bits per heavy atom. The second-order valence-corrected chi connectivity index (χ2v) is 8.80. The predicted octanol–water partition coefficient (Wildman–Crippen LogP) is 2.72. The van der Waals surface area contributed by atoms with Crippen LogP contribution in [0, 0.1) is 25.1 Å². The highest BCUT2D eigenvalue weighted by atomic mass is 19.1. The van der Waals surface area contributed by atoms with Crippen molar-refractivity contribution in [1.29, 1.82) is 0 Å². The molecule has 0 unspecified atom stereocenters. The zero-order valence-electron chi connectivity index (χ0n) is 16.1. The van der Waals surface area contributed by atoms with Gasteiger partial charge in [-0.1, -0.05) is 0 Å². The normalized spacial score (nSPS) is 23.0. The Balaban J connectivity index is 1.81. The number of aromatic nitrogens is 1. The molecule has 2 aromatic rings. The maximum atomic E-state index is 15.5. The van der Waals surface area contributed by atoms with Crippen LogP contribution in [0.1, 0.15) is 53.2 Å². The summed E-state index contributed by atoms with van der Waals surface area (Å²) in [5, 5.41) is 9.66. The van der Waals surface area contributed by atoms with E-state index >= 15 is 4.39 Å². The van der Waals surface area contributed by atoms with Crippen LogP contribution in [0.25, 0.3) is 10.9 Å². The van der Waals surface area contributed by atoms with E-state index in [-0.39, 0.29) is 34.0 Å². The second-order valence-electron chi connectivity index (χ2n) is 8.80. The molecule has 148 valence electrons. The maximum Gasteiger partial charge on any atom is 0.341 e. The number of hydrogen-bond acceptors (Lipinski definition) is 4. The number of rotatable bonds is 3. The van der Waals surface area contributed by atoms with Crippen molar-refractivity contribution in [3.8, 4) is 0 Å². The maximum absolute atomic E-state index is 15.5. The zero-order chi connectivity index (χ0) is 20.0. The minimum atomic E-state index is -1.27. The number of carboxylic acid groups (broad SMARTS) is 1. The van der Waals surface area contributed by atoms with Crippen LogP contribution >= 0.6 is 0 Å². The van der Waals surface area contributed by atoms with Gasteiger partial charge in [-0.2, -0.15) is 0 Å². The first-order chi connectivity index (χ1) is 13.2. The van der Waals surface area contributed by atoms with Gasteiger partial charge in [0, 0.05) is 42.3 Å². The molecular formula is C21H24FN3O3. The molecule has 3 fully saturated rings. The summed E-state index contributed by atoms with van der Waals surface area (Å²) in [5.74, 6) is -1.71. The van der Waals surface area contributed by atoms with E-state index < -0.39 is 17.2 Å². The van der Waals surface area contributed by atoms with Crippen molar-refractivity contribution >= 4 is 22.6 Å². The van der Waals surface area contributed by atoms with Gasteiger partial charge in [0.15, 0.2) is 5.82 Å². The third kappa shape index (κ3) is 2.28. The molecule has 1 aromatic carbocycles. The van der Waals surface area contributed by atoms with Crippen LogP contribution in [0.5, 0.6) is 0 Å². The van der Waals surface area contributed by atoms with Crippen LogP contribution in [0.2, 0.25) is 0 Å². The summed E-state index contributed by atoms with van der Waals surface area (Å²) in [6, 6.07) is 0.190. The molecule has 2 heterocycles. The number of nitrogens with two attached hydrogens (primary N) is 1. The molecule has 28 heavy (non-hydrogen) atoms. The van der Waals surface area contributed by atoms with E-state index in [1.54, 1.807) is 6.92 Å². The lowest BCUT2D eigenvalue weighted by Crippen LogP contribution is -2.31. The Kier molecular flexibility index (Phi) is 3.51. The second kappa shape index (κ2) is 5.56. The highest BCUT2D eigenvalue weighted by Crippen LogP contribution is 2.53. The predicted molar refractivity (Wildman–Crippen MR) is 105 cm³/mol. The van der Waals surface area contributed by atoms with Gasteiger partial charge in [-0.15, -0.1) is 0 Å². The number of aryl methyl sites for hydroxylation is 2. The van der Waals surface area contributed by atoms with E-state index in [1.165, 1.54) is 6.20 Å². The molecule has 7 heteroatoms. The highest BCUT2D eigenvalue weighted by Gasteiger charge is 2.54. The number of anilines is 1. The molecule has 2 saturated carbocycles. The van der Waals surface area contributed by atoms with Gasteiger partial charge in [0.1, 0.15) is 5.56 Å². The molecule has 1 spiro atoms. The average molecular weight is 385 g/mol. The molecule has 1 saturated heterocycles. The van der Waals surface area contributed by atoms with Crippen molar-refractivity contribution in [3.63, 3.8) is 0 Å². The lowest BCUT2D eigenvalue weighted by atomic mass is 9.99. The Morgan fingerprint density at radius 2 is 1.96 bits per heavy atom. The molecule has 2 aliphatic carbocycles. The van der Waals surface area contributed by atoms with Crippen LogP contribution in [0.15, 0.2) is 11.0 Å². The average Bonchev–Trinajstić information content (AvgIpc) is 3.53. The van der Waals surface area contributed by atoms with Crippen LogP contribution in [0.4, 0.5) is 10.1 Å². The van der Waals surface area contributed by atoms with Crippen molar-refractivity contribution in [1.82, 2.24) is 4.57 Å². The topological polar surface area (TPSA) is 88.6 Å². The summed E-state index contributed by atoms with van der Waals surface area (Å²) in [5.41, 5.74) is 7.63. The van der Waals surface area contributed by atoms with Crippen molar-refractivity contribution in [2.75, 3.05) is 18.0 Å². The molecule has 1 aromatic heterocycles. The lowest BCUT2D eigenvalue weighted by molar-refractivity contribution is 0.0695. The Bertz CT molecular complexity index is 1100. The Labute approximate surface area is 161 Å². The number of fused-ring (bicyclic) bond motifs is 1. The van der Waals surface area contributed by atoms with Crippen molar-refractivity contribution in [3.05, 3.63) is 38.9 Å². The smallest absolute Gasteiger partial charge is 0.341 e. The van der Waals surface area contributed by atoms with Crippen molar-refractivity contribution in [2.45, 2.75) is 51.6 Å². The fourth-order valence-corrected chi connectivity index (χ4v) is 4.95. The standard InChI is InChI=1S/C21H24FN3O3/c1-10-15-17(25(12-3-4-12)7-13(19(15)26)20(27)28)11(2)18(16(10)22)24-8-14(23)21(9-24)5-6-21/h7,12,14H,3-6,8-9,23H2,1-2H3,(H,27,28)/t14-/m0/s1. The SMILES string of the molecule is Cc1c(F)c(N2C[C@H](N)C3(CC3)C2)c(C)c2c1c(=O)c(C(=O)O)cn2C1CC1.